The minimum atomic E-state index is -0.361. The lowest BCUT2D eigenvalue weighted by molar-refractivity contribution is -0.136. The van der Waals surface area contributed by atoms with E-state index in [0.29, 0.717) is 6.42 Å². The molecule has 0 aromatic heterocycles. The third kappa shape index (κ3) is 10.4. The van der Waals surface area contributed by atoms with Crippen LogP contribution in [0.1, 0.15) is 20.3 Å². The standard InChI is InChI=1S/C9H12O4/c1-8(10)12-6-4-3-5-7-13-9(2)11/h4-7H,3H2,1-2H3. The molecule has 0 amide bonds. The number of hydrogen-bond donors (Lipinski definition) is 0. The van der Waals surface area contributed by atoms with Crippen LogP contribution in [0.5, 0.6) is 0 Å². The number of rotatable bonds is 4. The van der Waals surface area contributed by atoms with Crippen LogP contribution in [0.25, 0.3) is 0 Å². The highest BCUT2D eigenvalue weighted by atomic mass is 16.5. The molecule has 4 nitrogen and oxygen atoms in total. The molecule has 72 valence electrons. The third-order valence-electron chi connectivity index (χ3n) is 0.933. The number of carbonyl (C=O) groups excluding carboxylic acids is 2. The van der Waals surface area contributed by atoms with Crippen LogP contribution in [0.2, 0.25) is 0 Å². The average Bonchev–Trinajstić information content (AvgIpc) is 2.01. The third-order valence-corrected chi connectivity index (χ3v) is 0.933. The Balaban J connectivity index is 3.43. The Hall–Kier alpha value is -1.58. The van der Waals surface area contributed by atoms with E-state index in [1.807, 2.05) is 0 Å². The van der Waals surface area contributed by atoms with Gasteiger partial charge in [-0.2, -0.15) is 0 Å². The van der Waals surface area contributed by atoms with Gasteiger partial charge in [-0.3, -0.25) is 9.59 Å². The van der Waals surface area contributed by atoms with E-state index in [4.69, 9.17) is 0 Å². The summed E-state index contributed by atoms with van der Waals surface area (Å²) in [6, 6.07) is 0. The molecule has 4 heteroatoms. The number of ether oxygens (including phenoxy) is 2. The predicted octanol–water partition coefficient (Wildman–Crippen LogP) is 1.53. The van der Waals surface area contributed by atoms with Crippen LogP contribution in [0.15, 0.2) is 24.7 Å². The van der Waals surface area contributed by atoms with Crippen LogP contribution < -0.4 is 0 Å². The maximum Gasteiger partial charge on any atom is 0.307 e. The van der Waals surface area contributed by atoms with Gasteiger partial charge in [0.15, 0.2) is 0 Å². The number of hydrogen-bond acceptors (Lipinski definition) is 4. The molecular weight excluding hydrogens is 172 g/mol. The minimum absolute atomic E-state index is 0.361. The molecule has 0 saturated heterocycles. The topological polar surface area (TPSA) is 52.6 Å². The molecule has 0 bridgehead atoms. The van der Waals surface area contributed by atoms with Crippen molar-refractivity contribution in [1.82, 2.24) is 0 Å². The SMILES string of the molecule is CC(=O)OC=CCC=COC(C)=O. The first kappa shape index (κ1) is 11.4. The molecule has 0 unspecified atom stereocenters. The van der Waals surface area contributed by atoms with Gasteiger partial charge in [0.25, 0.3) is 0 Å². The zero-order valence-electron chi connectivity index (χ0n) is 7.65. The fraction of sp³-hybridized carbons (Fsp3) is 0.333. The molecule has 0 fully saturated rings. The molecule has 0 N–H and O–H groups in total. The number of esters is 2. The highest BCUT2D eigenvalue weighted by Crippen LogP contribution is 1.88. The first-order chi connectivity index (χ1) is 6.13. The van der Waals surface area contributed by atoms with Gasteiger partial charge in [0.2, 0.25) is 0 Å². The van der Waals surface area contributed by atoms with Crippen molar-refractivity contribution in [3.05, 3.63) is 24.7 Å². The second-order valence-corrected chi connectivity index (χ2v) is 2.20. The molecule has 0 aliphatic heterocycles. The minimum Gasteiger partial charge on any atom is -0.435 e. The Kier molecular flexibility index (Phi) is 6.23. The van der Waals surface area contributed by atoms with Gasteiger partial charge in [-0.25, -0.2) is 0 Å². The zero-order chi connectivity index (χ0) is 10.1. The van der Waals surface area contributed by atoms with Crippen LogP contribution in [0, 0.1) is 0 Å². The smallest absolute Gasteiger partial charge is 0.307 e. The van der Waals surface area contributed by atoms with E-state index in [-0.39, 0.29) is 11.9 Å². The molecule has 0 spiro atoms. The molecule has 0 heterocycles. The molecule has 0 atom stereocenters. The van der Waals surface area contributed by atoms with Crippen molar-refractivity contribution in [3.63, 3.8) is 0 Å². The fourth-order valence-electron chi connectivity index (χ4n) is 0.478. The van der Waals surface area contributed by atoms with Crippen LogP contribution in [0.4, 0.5) is 0 Å². The predicted molar refractivity (Wildman–Crippen MR) is 46.4 cm³/mol. The Bertz CT molecular complexity index is 204. The molecular formula is C9H12O4. The molecule has 0 aliphatic carbocycles. The van der Waals surface area contributed by atoms with Crippen molar-refractivity contribution in [2.45, 2.75) is 20.3 Å². The van der Waals surface area contributed by atoms with E-state index in [0.717, 1.165) is 0 Å². The highest BCUT2D eigenvalue weighted by molar-refractivity contribution is 5.66. The van der Waals surface area contributed by atoms with Gasteiger partial charge in [0.1, 0.15) is 0 Å². The van der Waals surface area contributed by atoms with Crippen LogP contribution in [-0.2, 0) is 19.1 Å². The summed E-state index contributed by atoms with van der Waals surface area (Å²) in [6.07, 6.45) is 6.38. The maximum absolute atomic E-state index is 10.3. The van der Waals surface area contributed by atoms with Crippen LogP contribution in [0.3, 0.4) is 0 Å². The Morgan fingerprint density at radius 3 is 1.69 bits per heavy atom. The van der Waals surface area contributed by atoms with E-state index in [1.165, 1.54) is 26.4 Å². The normalized spacial score (nSPS) is 10.6. The van der Waals surface area contributed by atoms with Crippen LogP contribution >= 0.6 is 0 Å². The van der Waals surface area contributed by atoms with Crippen molar-refractivity contribution in [2.75, 3.05) is 0 Å². The Labute approximate surface area is 76.8 Å². The van der Waals surface area contributed by atoms with E-state index < -0.39 is 0 Å². The second kappa shape index (κ2) is 7.09. The lowest BCUT2D eigenvalue weighted by Crippen LogP contribution is -1.89. The molecule has 0 saturated carbocycles. The van der Waals surface area contributed by atoms with E-state index in [9.17, 15) is 9.59 Å². The summed E-state index contributed by atoms with van der Waals surface area (Å²) in [7, 11) is 0. The van der Waals surface area contributed by atoms with Crippen molar-refractivity contribution in [2.24, 2.45) is 0 Å². The Morgan fingerprint density at radius 1 is 1.00 bits per heavy atom. The van der Waals surface area contributed by atoms with Gasteiger partial charge in [-0.1, -0.05) is 0 Å². The van der Waals surface area contributed by atoms with E-state index in [2.05, 4.69) is 9.47 Å². The monoisotopic (exact) mass is 184 g/mol. The van der Waals surface area contributed by atoms with Crippen molar-refractivity contribution in [1.29, 1.82) is 0 Å². The van der Waals surface area contributed by atoms with Crippen LogP contribution in [-0.4, -0.2) is 11.9 Å². The lowest BCUT2D eigenvalue weighted by atomic mass is 10.4. The van der Waals surface area contributed by atoms with Crippen molar-refractivity contribution in [3.8, 4) is 0 Å². The maximum atomic E-state index is 10.3. The summed E-state index contributed by atoms with van der Waals surface area (Å²) >= 11 is 0. The van der Waals surface area contributed by atoms with Crippen molar-refractivity contribution < 1.29 is 19.1 Å². The lowest BCUT2D eigenvalue weighted by Gasteiger charge is -1.90. The summed E-state index contributed by atoms with van der Waals surface area (Å²) in [5, 5.41) is 0. The van der Waals surface area contributed by atoms with Gasteiger partial charge >= 0.3 is 11.9 Å². The van der Waals surface area contributed by atoms with E-state index >= 15 is 0 Å². The summed E-state index contributed by atoms with van der Waals surface area (Å²) < 4.78 is 9.02. The molecule has 0 rings (SSSR count). The summed E-state index contributed by atoms with van der Waals surface area (Å²) in [6.45, 7) is 2.64. The molecule has 0 aromatic carbocycles. The molecule has 0 aromatic rings. The second-order valence-electron chi connectivity index (χ2n) is 2.20. The zero-order valence-corrected chi connectivity index (χ0v) is 7.65. The number of carbonyl (C=O) groups is 2. The Morgan fingerprint density at radius 2 is 1.38 bits per heavy atom. The average molecular weight is 184 g/mol. The first-order valence-corrected chi connectivity index (χ1v) is 3.77. The van der Waals surface area contributed by atoms with E-state index in [1.54, 1.807) is 12.2 Å². The summed E-state index contributed by atoms with van der Waals surface area (Å²) in [5.41, 5.74) is 0. The first-order valence-electron chi connectivity index (χ1n) is 3.77. The van der Waals surface area contributed by atoms with Gasteiger partial charge in [0, 0.05) is 13.8 Å². The van der Waals surface area contributed by atoms with Gasteiger partial charge in [-0.15, -0.1) is 0 Å². The molecule has 0 aliphatic rings. The highest BCUT2D eigenvalue weighted by Gasteiger charge is 1.84. The van der Waals surface area contributed by atoms with Gasteiger partial charge < -0.3 is 9.47 Å². The van der Waals surface area contributed by atoms with Crippen molar-refractivity contribution >= 4 is 11.9 Å². The summed E-state index contributed by atoms with van der Waals surface area (Å²) in [5.74, 6) is -0.722. The fourth-order valence-corrected chi connectivity index (χ4v) is 0.478. The van der Waals surface area contributed by atoms with Gasteiger partial charge in [-0.05, 0) is 18.6 Å². The summed E-state index contributed by atoms with van der Waals surface area (Å²) in [4.78, 5) is 20.5. The number of allylic oxidation sites excluding steroid dienone is 2. The molecule has 0 radical (unpaired) electrons. The largest absolute Gasteiger partial charge is 0.435 e. The quantitative estimate of drug-likeness (QED) is 0.491. The van der Waals surface area contributed by atoms with Gasteiger partial charge in [0.05, 0.1) is 12.5 Å². The molecule has 13 heavy (non-hydrogen) atoms.